The highest BCUT2D eigenvalue weighted by molar-refractivity contribution is 6.40. The Bertz CT molecular complexity index is 1210. The molecule has 1 aliphatic heterocycles. The SMILES string of the molecule is CCC1CC(C=O)N(C(N)c2cccc(C(=O)C(=O)OC)c2)N=C1c1ccc(OC)c(OC2CCCC2)c1. The molecule has 0 aromatic heterocycles. The van der Waals surface area contributed by atoms with Gasteiger partial charge in [-0.05, 0) is 68.4 Å². The van der Waals surface area contributed by atoms with Crippen molar-refractivity contribution in [1.29, 1.82) is 0 Å². The van der Waals surface area contributed by atoms with Gasteiger partial charge in [-0.15, -0.1) is 0 Å². The van der Waals surface area contributed by atoms with Gasteiger partial charge in [-0.1, -0.05) is 25.1 Å². The third-order valence-electron chi connectivity index (χ3n) is 7.33. The summed E-state index contributed by atoms with van der Waals surface area (Å²) >= 11 is 0. The lowest BCUT2D eigenvalue weighted by molar-refractivity contribution is -0.135. The van der Waals surface area contributed by atoms with Crippen molar-refractivity contribution >= 4 is 23.8 Å². The maximum Gasteiger partial charge on any atom is 0.379 e. The maximum absolute atomic E-state index is 12.3. The average Bonchev–Trinajstić information content (AvgIpc) is 3.48. The Hall–Kier alpha value is -3.72. The van der Waals surface area contributed by atoms with Crippen molar-refractivity contribution in [3.05, 3.63) is 59.2 Å². The number of hydrogen-bond acceptors (Lipinski definition) is 9. The molecule has 0 radical (unpaired) electrons. The lowest BCUT2D eigenvalue weighted by atomic mass is 9.87. The van der Waals surface area contributed by atoms with Gasteiger partial charge in [0.05, 0.1) is 26.0 Å². The summed E-state index contributed by atoms with van der Waals surface area (Å²) in [7, 11) is 2.78. The molecule has 3 atom stereocenters. The number of aldehydes is 1. The molecule has 0 amide bonds. The zero-order valence-corrected chi connectivity index (χ0v) is 22.1. The molecular formula is C29H35N3O6. The van der Waals surface area contributed by atoms with Crippen molar-refractivity contribution in [3.8, 4) is 11.5 Å². The number of Topliss-reactive ketones (excluding diaryl/α,β-unsaturated/α-hetero) is 1. The van der Waals surface area contributed by atoms with Gasteiger partial charge < -0.3 is 24.7 Å². The number of nitrogens with zero attached hydrogens (tertiary/aromatic N) is 2. The minimum absolute atomic E-state index is 0.0358. The quantitative estimate of drug-likeness (QED) is 0.215. The minimum Gasteiger partial charge on any atom is -0.493 e. The zero-order valence-electron chi connectivity index (χ0n) is 22.1. The Kier molecular flexibility index (Phi) is 8.78. The van der Waals surface area contributed by atoms with Gasteiger partial charge in [0.25, 0.3) is 5.78 Å². The topological polar surface area (TPSA) is 121 Å². The standard InChI is InChI=1S/C29H35N3O6/c1-4-18-15-22(17-33)32(28(30)21-9-7-8-20(14-21)27(34)29(35)37-3)31-26(18)19-12-13-24(36-2)25(16-19)38-23-10-5-6-11-23/h7-9,12-14,16-18,22-23,28H,4-6,10-11,15,30H2,1-3H3. The molecule has 0 saturated heterocycles. The van der Waals surface area contributed by atoms with Gasteiger partial charge in [0.15, 0.2) is 11.5 Å². The van der Waals surface area contributed by atoms with Crippen LogP contribution in [0.25, 0.3) is 0 Å². The van der Waals surface area contributed by atoms with Crippen LogP contribution in [0.15, 0.2) is 47.6 Å². The smallest absolute Gasteiger partial charge is 0.379 e. The van der Waals surface area contributed by atoms with E-state index in [4.69, 9.17) is 20.3 Å². The fraction of sp³-hybridized carbons (Fsp3) is 0.448. The Morgan fingerprint density at radius 3 is 2.55 bits per heavy atom. The van der Waals surface area contributed by atoms with Crippen LogP contribution in [-0.2, 0) is 14.3 Å². The summed E-state index contributed by atoms with van der Waals surface area (Å²) < 4.78 is 16.4. The van der Waals surface area contributed by atoms with Crippen LogP contribution in [0.4, 0.5) is 0 Å². The molecule has 2 aliphatic rings. The maximum atomic E-state index is 12.3. The molecule has 1 heterocycles. The number of ether oxygens (including phenoxy) is 3. The molecule has 9 heteroatoms. The van der Waals surface area contributed by atoms with Crippen molar-refractivity contribution in [2.75, 3.05) is 14.2 Å². The number of benzene rings is 2. The minimum atomic E-state index is -0.958. The van der Waals surface area contributed by atoms with Crippen LogP contribution >= 0.6 is 0 Å². The molecule has 2 N–H and O–H groups in total. The number of carbonyl (C=O) groups excluding carboxylic acids is 3. The van der Waals surface area contributed by atoms with Crippen LogP contribution in [-0.4, -0.2) is 55.1 Å². The summed E-state index contributed by atoms with van der Waals surface area (Å²) in [6.45, 7) is 2.07. The fourth-order valence-corrected chi connectivity index (χ4v) is 5.17. The number of carbonyl (C=O) groups is 3. The van der Waals surface area contributed by atoms with Gasteiger partial charge in [-0.25, -0.2) is 4.79 Å². The average molecular weight is 522 g/mol. The highest BCUT2D eigenvalue weighted by atomic mass is 16.5. The predicted octanol–water partition coefficient (Wildman–Crippen LogP) is 4.03. The fourth-order valence-electron chi connectivity index (χ4n) is 5.17. The first-order valence-corrected chi connectivity index (χ1v) is 13.1. The number of ketones is 1. The van der Waals surface area contributed by atoms with Crippen molar-refractivity contribution in [2.24, 2.45) is 16.8 Å². The van der Waals surface area contributed by atoms with E-state index in [-0.39, 0.29) is 17.6 Å². The van der Waals surface area contributed by atoms with E-state index in [1.165, 1.54) is 12.1 Å². The summed E-state index contributed by atoms with van der Waals surface area (Å²) in [6, 6.07) is 11.7. The molecule has 0 spiro atoms. The molecule has 3 unspecified atom stereocenters. The van der Waals surface area contributed by atoms with Gasteiger partial charge in [-0.2, -0.15) is 5.10 Å². The summed E-state index contributed by atoms with van der Waals surface area (Å²) in [4.78, 5) is 36.2. The first-order chi connectivity index (χ1) is 18.4. The molecular weight excluding hydrogens is 486 g/mol. The highest BCUT2D eigenvalue weighted by Crippen LogP contribution is 2.36. The molecule has 2 aromatic rings. The Morgan fingerprint density at radius 1 is 1.13 bits per heavy atom. The van der Waals surface area contributed by atoms with Crippen molar-refractivity contribution < 1.29 is 28.6 Å². The van der Waals surface area contributed by atoms with Crippen molar-refractivity contribution in [3.63, 3.8) is 0 Å². The van der Waals surface area contributed by atoms with Gasteiger partial charge in [0.2, 0.25) is 0 Å². The number of hydrazone groups is 1. The van der Waals surface area contributed by atoms with E-state index in [1.54, 1.807) is 24.3 Å². The molecule has 38 heavy (non-hydrogen) atoms. The molecule has 9 nitrogen and oxygen atoms in total. The summed E-state index contributed by atoms with van der Waals surface area (Å²) in [6.07, 6.45) is 5.88. The lowest BCUT2D eigenvalue weighted by Gasteiger charge is -2.38. The second kappa shape index (κ2) is 12.2. The van der Waals surface area contributed by atoms with Gasteiger partial charge in [-0.3, -0.25) is 9.80 Å². The molecule has 0 bridgehead atoms. The molecule has 202 valence electrons. The number of esters is 1. The van der Waals surface area contributed by atoms with Crippen LogP contribution < -0.4 is 15.2 Å². The van der Waals surface area contributed by atoms with Gasteiger partial charge in [0.1, 0.15) is 18.5 Å². The second-order valence-corrected chi connectivity index (χ2v) is 9.69. The van der Waals surface area contributed by atoms with E-state index >= 15 is 0 Å². The third-order valence-corrected chi connectivity index (χ3v) is 7.33. The van der Waals surface area contributed by atoms with E-state index in [2.05, 4.69) is 11.7 Å². The summed E-state index contributed by atoms with van der Waals surface area (Å²) in [5.74, 6) is -0.349. The second-order valence-electron chi connectivity index (χ2n) is 9.69. The lowest BCUT2D eigenvalue weighted by Crippen LogP contribution is -2.46. The van der Waals surface area contributed by atoms with Crippen LogP contribution in [0.3, 0.4) is 0 Å². The van der Waals surface area contributed by atoms with Crippen molar-refractivity contribution in [1.82, 2.24) is 5.01 Å². The Morgan fingerprint density at radius 2 is 1.89 bits per heavy atom. The number of hydrogen-bond donors (Lipinski definition) is 1. The largest absolute Gasteiger partial charge is 0.493 e. The highest BCUT2D eigenvalue weighted by Gasteiger charge is 2.34. The first kappa shape index (κ1) is 27.3. The van der Waals surface area contributed by atoms with Crippen LogP contribution in [0.1, 0.15) is 73.1 Å². The van der Waals surface area contributed by atoms with E-state index < -0.39 is 24.0 Å². The van der Waals surface area contributed by atoms with Crippen LogP contribution in [0.2, 0.25) is 0 Å². The number of rotatable bonds is 10. The monoisotopic (exact) mass is 521 g/mol. The molecule has 2 aromatic carbocycles. The first-order valence-electron chi connectivity index (χ1n) is 13.1. The van der Waals surface area contributed by atoms with E-state index in [1.807, 2.05) is 18.2 Å². The third kappa shape index (κ3) is 5.72. The van der Waals surface area contributed by atoms with E-state index in [9.17, 15) is 14.4 Å². The molecule has 1 aliphatic carbocycles. The van der Waals surface area contributed by atoms with Crippen LogP contribution in [0, 0.1) is 5.92 Å². The molecule has 1 fully saturated rings. The summed E-state index contributed by atoms with van der Waals surface area (Å²) in [5.41, 5.74) is 9.00. The Balaban J connectivity index is 1.70. The normalized spacial score (nSPS) is 20.4. The summed E-state index contributed by atoms with van der Waals surface area (Å²) in [5, 5.41) is 6.49. The number of nitrogens with two attached hydrogens (primary N) is 1. The van der Waals surface area contributed by atoms with E-state index in [0.29, 0.717) is 23.5 Å². The van der Waals surface area contributed by atoms with Crippen LogP contribution in [0.5, 0.6) is 11.5 Å². The van der Waals surface area contributed by atoms with Gasteiger partial charge >= 0.3 is 5.97 Å². The zero-order chi connectivity index (χ0) is 27.2. The predicted molar refractivity (Wildman–Crippen MR) is 142 cm³/mol. The van der Waals surface area contributed by atoms with Gasteiger partial charge in [0, 0.05) is 17.0 Å². The number of methoxy groups -OCH3 is 2. The molecule has 1 saturated carbocycles. The van der Waals surface area contributed by atoms with Crippen molar-refractivity contribution in [2.45, 2.75) is 63.8 Å². The van der Waals surface area contributed by atoms with E-state index in [0.717, 1.165) is 56.8 Å². The Labute approximate surface area is 222 Å². The molecule has 4 rings (SSSR count).